The van der Waals surface area contributed by atoms with Gasteiger partial charge in [0.15, 0.2) is 0 Å². The van der Waals surface area contributed by atoms with Crippen LogP contribution in [0.4, 0.5) is 5.69 Å². The third-order valence-corrected chi connectivity index (χ3v) is 4.41. The third kappa shape index (κ3) is 4.06. The first-order valence-corrected chi connectivity index (χ1v) is 8.49. The van der Waals surface area contributed by atoms with Crippen molar-refractivity contribution in [3.8, 4) is 0 Å². The maximum atomic E-state index is 11.1. The molecular weight excluding hydrogens is 314 g/mol. The zero-order valence-corrected chi connectivity index (χ0v) is 14.7. The molecule has 0 fully saturated rings. The quantitative estimate of drug-likeness (QED) is 0.482. The summed E-state index contributed by atoms with van der Waals surface area (Å²) in [5, 5.41) is 12.1. The summed E-state index contributed by atoms with van der Waals surface area (Å²) in [6.07, 6.45) is 4.09. The molecule has 0 atom stereocenters. The number of nitro groups is 1. The molecule has 0 aliphatic heterocycles. The normalized spacial score (nSPS) is 11.3. The molecule has 0 aliphatic carbocycles. The maximum Gasteiger partial charge on any atom is 0.270 e. The van der Waals surface area contributed by atoms with Crippen LogP contribution in [0.15, 0.2) is 54.7 Å². The van der Waals surface area contributed by atoms with Gasteiger partial charge in [0.2, 0.25) is 0 Å². The molecule has 5 nitrogen and oxygen atoms in total. The molecule has 0 aliphatic rings. The highest BCUT2D eigenvalue weighted by Crippen LogP contribution is 2.27. The Labute approximate surface area is 147 Å². The van der Waals surface area contributed by atoms with Gasteiger partial charge in [0.25, 0.3) is 5.69 Å². The lowest BCUT2D eigenvalue weighted by atomic mass is 10.1. The zero-order valence-electron chi connectivity index (χ0n) is 14.7. The van der Waals surface area contributed by atoms with Crippen LogP contribution in [0.1, 0.15) is 17.5 Å². The summed E-state index contributed by atoms with van der Waals surface area (Å²) < 4.78 is 2.19. The van der Waals surface area contributed by atoms with Crippen molar-refractivity contribution in [3.05, 3.63) is 76.0 Å². The van der Waals surface area contributed by atoms with Crippen molar-refractivity contribution >= 4 is 16.6 Å². The molecule has 25 heavy (non-hydrogen) atoms. The maximum absolute atomic E-state index is 11.1. The Morgan fingerprint density at radius 1 is 1.12 bits per heavy atom. The largest absolute Gasteiger partial charge is 0.343 e. The molecule has 0 unspecified atom stereocenters. The van der Waals surface area contributed by atoms with Crippen molar-refractivity contribution in [3.63, 3.8) is 0 Å². The summed E-state index contributed by atoms with van der Waals surface area (Å²) in [4.78, 5) is 13.0. The molecule has 3 rings (SSSR count). The summed E-state index contributed by atoms with van der Waals surface area (Å²) in [7, 11) is 4.12. The minimum Gasteiger partial charge on any atom is -0.343 e. The lowest BCUT2D eigenvalue weighted by Crippen LogP contribution is -2.13. The van der Waals surface area contributed by atoms with Crippen LogP contribution in [-0.4, -0.2) is 35.0 Å². The van der Waals surface area contributed by atoms with Crippen molar-refractivity contribution < 1.29 is 4.92 Å². The third-order valence-electron chi connectivity index (χ3n) is 4.41. The molecule has 0 radical (unpaired) electrons. The van der Waals surface area contributed by atoms with Gasteiger partial charge in [0, 0.05) is 35.8 Å². The fourth-order valence-electron chi connectivity index (χ4n) is 3.17. The Bertz CT molecular complexity index is 869. The van der Waals surface area contributed by atoms with Crippen LogP contribution >= 0.6 is 0 Å². The Morgan fingerprint density at radius 3 is 2.56 bits per heavy atom. The Hall–Kier alpha value is -2.66. The van der Waals surface area contributed by atoms with E-state index in [1.165, 1.54) is 11.1 Å². The lowest BCUT2D eigenvalue weighted by molar-refractivity contribution is -0.384. The SMILES string of the molecule is CN(C)CCCc1cn(Cc2ccccc2)c2ccc([N+](=O)[O-])cc12. The van der Waals surface area contributed by atoms with Gasteiger partial charge in [-0.25, -0.2) is 0 Å². The van der Waals surface area contributed by atoms with Crippen LogP contribution in [0.2, 0.25) is 0 Å². The number of aryl methyl sites for hydroxylation is 1. The predicted octanol–water partition coefficient (Wildman–Crippen LogP) is 4.09. The number of fused-ring (bicyclic) bond motifs is 1. The number of rotatable bonds is 7. The Kier molecular flexibility index (Phi) is 5.14. The van der Waals surface area contributed by atoms with Gasteiger partial charge >= 0.3 is 0 Å². The lowest BCUT2D eigenvalue weighted by Gasteiger charge is -2.08. The zero-order chi connectivity index (χ0) is 17.8. The van der Waals surface area contributed by atoms with Crippen LogP contribution in [0.3, 0.4) is 0 Å². The van der Waals surface area contributed by atoms with E-state index in [0.717, 1.165) is 36.8 Å². The number of aromatic nitrogens is 1. The van der Waals surface area contributed by atoms with Crippen molar-refractivity contribution in [2.45, 2.75) is 19.4 Å². The second-order valence-electron chi connectivity index (χ2n) is 6.63. The van der Waals surface area contributed by atoms with Gasteiger partial charge in [-0.15, -0.1) is 0 Å². The minimum atomic E-state index is -0.322. The molecule has 2 aromatic carbocycles. The summed E-state index contributed by atoms with van der Waals surface area (Å²) in [5.74, 6) is 0. The first-order chi connectivity index (χ1) is 12.0. The van der Waals surface area contributed by atoms with Crippen molar-refractivity contribution in [2.24, 2.45) is 0 Å². The number of nitro benzene ring substituents is 1. The molecule has 0 saturated heterocycles. The van der Waals surface area contributed by atoms with E-state index < -0.39 is 0 Å². The van der Waals surface area contributed by atoms with Gasteiger partial charge in [-0.3, -0.25) is 10.1 Å². The molecule has 0 saturated carbocycles. The fraction of sp³-hybridized carbons (Fsp3) is 0.300. The van der Waals surface area contributed by atoms with E-state index in [-0.39, 0.29) is 10.6 Å². The molecule has 1 aromatic heterocycles. The number of nitrogens with zero attached hydrogens (tertiary/aromatic N) is 3. The highest BCUT2D eigenvalue weighted by atomic mass is 16.6. The molecular formula is C20H23N3O2. The van der Waals surface area contributed by atoms with Gasteiger partial charge in [-0.2, -0.15) is 0 Å². The van der Waals surface area contributed by atoms with Crippen LogP contribution in [-0.2, 0) is 13.0 Å². The molecule has 0 amide bonds. The molecule has 3 aromatic rings. The second-order valence-corrected chi connectivity index (χ2v) is 6.63. The predicted molar refractivity (Wildman–Crippen MR) is 101 cm³/mol. The van der Waals surface area contributed by atoms with E-state index in [1.807, 2.05) is 24.3 Å². The van der Waals surface area contributed by atoms with Gasteiger partial charge < -0.3 is 9.47 Å². The second kappa shape index (κ2) is 7.49. The molecule has 130 valence electrons. The van der Waals surface area contributed by atoms with Gasteiger partial charge in [0.05, 0.1) is 4.92 Å². The monoisotopic (exact) mass is 337 g/mol. The average Bonchev–Trinajstić information content (AvgIpc) is 2.92. The molecule has 1 heterocycles. The molecule has 0 spiro atoms. The van der Waals surface area contributed by atoms with E-state index in [0.29, 0.717) is 0 Å². The molecule has 0 bridgehead atoms. The summed E-state index contributed by atoms with van der Waals surface area (Å²) in [5.41, 5.74) is 3.60. The van der Waals surface area contributed by atoms with Gasteiger partial charge in [-0.05, 0) is 50.7 Å². The van der Waals surface area contributed by atoms with Crippen LogP contribution < -0.4 is 0 Å². The Morgan fingerprint density at radius 2 is 1.88 bits per heavy atom. The van der Waals surface area contributed by atoms with E-state index in [2.05, 4.69) is 41.9 Å². The summed E-state index contributed by atoms with van der Waals surface area (Å²) in [6.45, 7) is 1.77. The summed E-state index contributed by atoms with van der Waals surface area (Å²) >= 11 is 0. The topological polar surface area (TPSA) is 51.3 Å². The molecule has 0 N–H and O–H groups in total. The average molecular weight is 337 g/mol. The minimum absolute atomic E-state index is 0.152. The van der Waals surface area contributed by atoms with Gasteiger partial charge in [-0.1, -0.05) is 30.3 Å². The number of benzene rings is 2. The fourth-order valence-corrected chi connectivity index (χ4v) is 3.17. The van der Waals surface area contributed by atoms with Crippen LogP contribution in [0.5, 0.6) is 0 Å². The number of hydrogen-bond donors (Lipinski definition) is 0. The molecule has 5 heteroatoms. The highest BCUT2D eigenvalue weighted by Gasteiger charge is 2.14. The standard InChI is InChI=1S/C20H23N3O2/c1-21(2)12-6-9-17-15-22(14-16-7-4-3-5-8-16)20-11-10-18(23(24)25)13-19(17)20/h3-5,7-8,10-11,13,15H,6,9,12,14H2,1-2H3. The van der Waals surface area contributed by atoms with Crippen LogP contribution in [0, 0.1) is 10.1 Å². The van der Waals surface area contributed by atoms with Crippen molar-refractivity contribution in [1.29, 1.82) is 0 Å². The number of hydrogen-bond acceptors (Lipinski definition) is 3. The van der Waals surface area contributed by atoms with E-state index in [4.69, 9.17) is 0 Å². The van der Waals surface area contributed by atoms with Crippen molar-refractivity contribution in [2.75, 3.05) is 20.6 Å². The number of non-ortho nitro benzene ring substituents is 1. The Balaban J connectivity index is 1.97. The van der Waals surface area contributed by atoms with E-state index in [9.17, 15) is 10.1 Å². The van der Waals surface area contributed by atoms with Crippen LogP contribution in [0.25, 0.3) is 10.9 Å². The highest BCUT2D eigenvalue weighted by molar-refractivity contribution is 5.86. The summed E-state index contributed by atoms with van der Waals surface area (Å²) in [6, 6.07) is 15.4. The van der Waals surface area contributed by atoms with E-state index >= 15 is 0 Å². The van der Waals surface area contributed by atoms with E-state index in [1.54, 1.807) is 12.1 Å². The first-order valence-electron chi connectivity index (χ1n) is 8.49. The van der Waals surface area contributed by atoms with Crippen molar-refractivity contribution in [1.82, 2.24) is 9.47 Å². The van der Waals surface area contributed by atoms with Gasteiger partial charge in [0.1, 0.15) is 0 Å². The first kappa shape index (κ1) is 17.2. The smallest absolute Gasteiger partial charge is 0.270 e.